The number of carbonyl (C=O) groups excluding carboxylic acids is 1. The fourth-order valence-electron chi connectivity index (χ4n) is 2.89. The van der Waals surface area contributed by atoms with Crippen molar-refractivity contribution in [3.05, 3.63) is 84.4 Å². The lowest BCUT2D eigenvalue weighted by Gasteiger charge is -2.03. The second-order valence-electron chi connectivity index (χ2n) is 6.83. The molecule has 3 aromatic heterocycles. The van der Waals surface area contributed by atoms with Gasteiger partial charge in [-0.15, -0.1) is 0 Å². The maximum Gasteiger partial charge on any atom is 0.374 e. The van der Waals surface area contributed by atoms with E-state index in [2.05, 4.69) is 15.1 Å². The number of aromatic nitrogens is 3. The largest absolute Gasteiger partial charge is 0.460 e. The molecule has 4 rings (SSSR count). The molecule has 9 nitrogen and oxygen atoms in total. The summed E-state index contributed by atoms with van der Waals surface area (Å²) in [4.78, 5) is 20.7. The molecule has 4 aromatic rings. The Balaban J connectivity index is 1.26. The van der Waals surface area contributed by atoms with Gasteiger partial charge in [-0.2, -0.15) is 4.98 Å². The molecule has 164 valence electrons. The smallest absolute Gasteiger partial charge is 0.374 e. The van der Waals surface area contributed by atoms with Crippen molar-refractivity contribution in [2.45, 2.75) is 23.5 Å². The molecule has 0 saturated carbocycles. The SMILES string of the molecule is O=C(OCCCc1nc(-c2cccnc2)no1)c1ccc(CS(=O)(=O)c2ccccc2)o1. The summed E-state index contributed by atoms with van der Waals surface area (Å²) in [6, 6.07) is 14.5. The Morgan fingerprint density at radius 2 is 1.88 bits per heavy atom. The van der Waals surface area contributed by atoms with E-state index in [1.807, 2.05) is 6.07 Å². The maximum absolute atomic E-state index is 12.4. The van der Waals surface area contributed by atoms with Gasteiger partial charge in [-0.1, -0.05) is 23.4 Å². The minimum atomic E-state index is -3.57. The normalized spacial score (nSPS) is 11.4. The third-order valence-corrected chi connectivity index (χ3v) is 6.11. The first kappa shape index (κ1) is 21.4. The minimum absolute atomic E-state index is 0.0556. The van der Waals surface area contributed by atoms with Crippen molar-refractivity contribution < 1.29 is 26.9 Å². The molecular weight excluding hydrogens is 434 g/mol. The summed E-state index contributed by atoms with van der Waals surface area (Å²) in [5, 5.41) is 3.90. The monoisotopic (exact) mass is 453 g/mol. The number of carbonyl (C=O) groups is 1. The van der Waals surface area contributed by atoms with Gasteiger partial charge in [-0.25, -0.2) is 13.2 Å². The number of benzene rings is 1. The van der Waals surface area contributed by atoms with E-state index < -0.39 is 15.8 Å². The topological polar surface area (TPSA) is 125 Å². The lowest BCUT2D eigenvalue weighted by atomic mass is 10.3. The van der Waals surface area contributed by atoms with Gasteiger partial charge in [0.15, 0.2) is 9.84 Å². The molecule has 0 bridgehead atoms. The van der Waals surface area contributed by atoms with E-state index in [0.29, 0.717) is 24.6 Å². The zero-order chi connectivity index (χ0) is 22.4. The first-order chi connectivity index (χ1) is 15.5. The van der Waals surface area contributed by atoms with Gasteiger partial charge in [-0.05, 0) is 42.8 Å². The summed E-state index contributed by atoms with van der Waals surface area (Å²) in [6.45, 7) is 0.113. The molecule has 0 radical (unpaired) electrons. The Kier molecular flexibility index (Phi) is 6.41. The number of furan rings is 1. The Labute approximate surface area is 184 Å². The van der Waals surface area contributed by atoms with Crippen molar-refractivity contribution in [3.63, 3.8) is 0 Å². The number of nitrogens with zero attached hydrogens (tertiary/aromatic N) is 3. The number of pyridine rings is 1. The quantitative estimate of drug-likeness (QED) is 0.276. The standard InChI is InChI=1S/C22H19N3O6S/c26-22(19-11-10-17(30-19)15-32(27,28)18-7-2-1-3-8-18)29-13-5-9-20-24-21(25-31-20)16-6-4-12-23-14-16/h1-4,6-8,10-12,14H,5,9,13,15H2. The molecule has 1 aromatic carbocycles. The van der Waals surface area contributed by atoms with Crippen molar-refractivity contribution in [3.8, 4) is 11.4 Å². The van der Waals surface area contributed by atoms with E-state index >= 15 is 0 Å². The Hall–Kier alpha value is -3.79. The number of aryl methyl sites for hydroxylation is 1. The summed E-state index contributed by atoms with van der Waals surface area (Å²) in [5.74, 6) is -0.0461. The highest BCUT2D eigenvalue weighted by atomic mass is 32.2. The molecule has 0 aliphatic carbocycles. The van der Waals surface area contributed by atoms with E-state index in [9.17, 15) is 13.2 Å². The van der Waals surface area contributed by atoms with E-state index in [0.717, 1.165) is 5.56 Å². The maximum atomic E-state index is 12.4. The van der Waals surface area contributed by atoms with Gasteiger partial charge in [0.1, 0.15) is 11.5 Å². The number of esters is 1. The van der Waals surface area contributed by atoms with Gasteiger partial charge in [0.25, 0.3) is 0 Å². The van der Waals surface area contributed by atoms with Crippen LogP contribution in [0.5, 0.6) is 0 Å². The Bertz CT molecular complexity index is 1280. The zero-order valence-corrected chi connectivity index (χ0v) is 17.7. The van der Waals surface area contributed by atoms with Crippen LogP contribution in [0, 0.1) is 0 Å². The Morgan fingerprint density at radius 3 is 2.66 bits per heavy atom. The fourth-order valence-corrected chi connectivity index (χ4v) is 4.16. The van der Waals surface area contributed by atoms with Crippen molar-refractivity contribution in [2.24, 2.45) is 0 Å². The molecule has 32 heavy (non-hydrogen) atoms. The zero-order valence-electron chi connectivity index (χ0n) is 16.9. The molecule has 0 aliphatic heterocycles. The summed E-state index contributed by atoms with van der Waals surface area (Å²) < 4.78 is 40.6. The number of ether oxygens (including phenoxy) is 1. The molecule has 0 aliphatic rings. The summed E-state index contributed by atoms with van der Waals surface area (Å²) in [5.41, 5.74) is 0.747. The van der Waals surface area contributed by atoms with Gasteiger partial charge < -0.3 is 13.7 Å². The molecule has 3 heterocycles. The van der Waals surface area contributed by atoms with Crippen LogP contribution in [0.3, 0.4) is 0 Å². The highest BCUT2D eigenvalue weighted by Gasteiger charge is 2.20. The molecule has 0 atom stereocenters. The molecule has 10 heteroatoms. The van der Waals surface area contributed by atoms with Crippen LogP contribution in [-0.4, -0.2) is 36.1 Å². The van der Waals surface area contributed by atoms with Crippen LogP contribution in [0.15, 0.2) is 80.8 Å². The van der Waals surface area contributed by atoms with Crippen LogP contribution in [0.4, 0.5) is 0 Å². The van der Waals surface area contributed by atoms with Gasteiger partial charge in [-0.3, -0.25) is 4.98 Å². The summed E-state index contributed by atoms with van der Waals surface area (Å²) >= 11 is 0. The van der Waals surface area contributed by atoms with Crippen LogP contribution < -0.4 is 0 Å². The molecule has 0 saturated heterocycles. The number of rotatable bonds is 9. The van der Waals surface area contributed by atoms with Crippen molar-refractivity contribution in [1.29, 1.82) is 0 Å². The molecular formula is C22H19N3O6S. The van der Waals surface area contributed by atoms with Gasteiger partial charge in [0, 0.05) is 24.4 Å². The third-order valence-electron chi connectivity index (χ3n) is 4.45. The predicted molar refractivity (Wildman–Crippen MR) is 112 cm³/mol. The van der Waals surface area contributed by atoms with Crippen LogP contribution in [0.1, 0.15) is 28.6 Å². The average Bonchev–Trinajstić information content (AvgIpc) is 3.47. The van der Waals surface area contributed by atoms with Crippen LogP contribution in [0.2, 0.25) is 0 Å². The van der Waals surface area contributed by atoms with Crippen LogP contribution in [-0.2, 0) is 26.7 Å². The van der Waals surface area contributed by atoms with Gasteiger partial charge in [0.2, 0.25) is 17.5 Å². The van der Waals surface area contributed by atoms with Crippen LogP contribution >= 0.6 is 0 Å². The van der Waals surface area contributed by atoms with E-state index in [1.54, 1.807) is 36.7 Å². The molecule has 0 fully saturated rings. The number of hydrogen-bond donors (Lipinski definition) is 0. The summed E-state index contributed by atoms with van der Waals surface area (Å²) in [7, 11) is -3.57. The highest BCUT2D eigenvalue weighted by Crippen LogP contribution is 2.19. The predicted octanol–water partition coefficient (Wildman–Crippen LogP) is 3.49. The number of hydrogen-bond acceptors (Lipinski definition) is 9. The fraction of sp³-hybridized carbons (Fsp3) is 0.182. The van der Waals surface area contributed by atoms with Gasteiger partial charge in [0.05, 0.1) is 11.5 Å². The minimum Gasteiger partial charge on any atom is -0.460 e. The average molecular weight is 453 g/mol. The second-order valence-corrected chi connectivity index (χ2v) is 8.82. The third kappa shape index (κ3) is 5.27. The van der Waals surface area contributed by atoms with E-state index in [4.69, 9.17) is 13.7 Å². The van der Waals surface area contributed by atoms with E-state index in [-0.39, 0.29) is 28.8 Å². The highest BCUT2D eigenvalue weighted by molar-refractivity contribution is 7.90. The first-order valence-electron chi connectivity index (χ1n) is 9.78. The van der Waals surface area contributed by atoms with Crippen molar-refractivity contribution in [1.82, 2.24) is 15.1 Å². The first-order valence-corrected chi connectivity index (χ1v) is 11.4. The lowest BCUT2D eigenvalue weighted by molar-refractivity contribution is 0.0460. The molecule has 0 unspecified atom stereocenters. The lowest BCUT2D eigenvalue weighted by Crippen LogP contribution is -2.07. The summed E-state index contributed by atoms with van der Waals surface area (Å²) in [6.07, 6.45) is 4.19. The Morgan fingerprint density at radius 1 is 1.03 bits per heavy atom. The van der Waals surface area contributed by atoms with Gasteiger partial charge >= 0.3 is 5.97 Å². The van der Waals surface area contributed by atoms with E-state index in [1.165, 1.54) is 24.3 Å². The molecule has 0 amide bonds. The van der Waals surface area contributed by atoms with Crippen molar-refractivity contribution in [2.75, 3.05) is 6.61 Å². The number of sulfone groups is 1. The van der Waals surface area contributed by atoms with Crippen LogP contribution in [0.25, 0.3) is 11.4 Å². The molecule has 0 N–H and O–H groups in total. The van der Waals surface area contributed by atoms with Crippen molar-refractivity contribution >= 4 is 15.8 Å². The second kappa shape index (κ2) is 9.56. The molecule has 0 spiro atoms.